The molecule has 1 N–H and O–H groups in total. The molecule has 0 aliphatic heterocycles. The molecule has 0 saturated heterocycles. The summed E-state index contributed by atoms with van der Waals surface area (Å²) in [7, 11) is 0. The van der Waals surface area contributed by atoms with Crippen LogP contribution in [0.15, 0.2) is 35.1 Å². The number of nitrogens with one attached hydrogen (secondary N) is 1. The lowest BCUT2D eigenvalue weighted by atomic mass is 10.2. The van der Waals surface area contributed by atoms with Gasteiger partial charge in [0.2, 0.25) is 0 Å². The Morgan fingerprint density at radius 2 is 1.86 bits per heavy atom. The Morgan fingerprint density at radius 3 is 2.50 bits per heavy atom. The first-order chi connectivity index (χ1) is 13.3. The molecule has 3 rings (SSSR count). The highest BCUT2D eigenvalue weighted by Gasteiger charge is 2.27. The van der Waals surface area contributed by atoms with E-state index in [1.165, 1.54) is 19.1 Å². The van der Waals surface area contributed by atoms with E-state index in [1.54, 1.807) is 11.4 Å². The summed E-state index contributed by atoms with van der Waals surface area (Å²) in [6, 6.07) is 4.47. The molecule has 6 nitrogen and oxygen atoms in total. The molecule has 1 aromatic heterocycles. The number of carbonyl (C=O) groups is 2. The zero-order chi connectivity index (χ0) is 20.4. The summed E-state index contributed by atoms with van der Waals surface area (Å²) in [6.07, 6.45) is -0.442. The number of halogens is 4. The third-order valence-electron chi connectivity index (χ3n) is 3.85. The minimum Gasteiger partial charge on any atom is -0.449 e. The molecule has 0 fully saturated rings. The zero-order valence-electron chi connectivity index (χ0n) is 14.3. The van der Waals surface area contributed by atoms with Crippen molar-refractivity contribution < 1.29 is 36.3 Å². The molecule has 10 heteroatoms. The first kappa shape index (κ1) is 19.3. The third kappa shape index (κ3) is 3.53. The Labute approximate surface area is 155 Å². The quantitative estimate of drug-likeness (QED) is 0.401. The molecule has 1 unspecified atom stereocenters. The molecule has 1 atom stereocenters. The molecular formula is C18H12F4N2O4. The van der Waals surface area contributed by atoms with Gasteiger partial charge in [-0.15, -0.1) is 0 Å². The van der Waals surface area contributed by atoms with Crippen LogP contribution in [0.3, 0.4) is 0 Å². The second kappa shape index (κ2) is 7.67. The number of para-hydroxylation sites is 1. The molecular weight excluding hydrogens is 384 g/mol. The lowest BCUT2D eigenvalue weighted by Crippen LogP contribution is -2.33. The van der Waals surface area contributed by atoms with Crippen molar-refractivity contribution >= 4 is 28.7 Å². The van der Waals surface area contributed by atoms with Crippen LogP contribution in [0.2, 0.25) is 0 Å². The summed E-state index contributed by atoms with van der Waals surface area (Å²) < 4.78 is 64.1. The number of oxazole rings is 1. The molecule has 0 saturated carbocycles. The number of aromatic nitrogens is 1. The summed E-state index contributed by atoms with van der Waals surface area (Å²) >= 11 is 0. The minimum atomic E-state index is -1.78. The Bertz CT molecular complexity index is 1040. The van der Waals surface area contributed by atoms with Crippen molar-refractivity contribution in [2.24, 2.45) is 0 Å². The second-order valence-corrected chi connectivity index (χ2v) is 5.64. The number of rotatable bonds is 5. The normalized spacial score (nSPS) is 12.0. The van der Waals surface area contributed by atoms with Crippen LogP contribution >= 0.6 is 0 Å². The Morgan fingerprint density at radius 1 is 1.18 bits per heavy atom. The van der Waals surface area contributed by atoms with Crippen molar-refractivity contribution in [3.05, 3.63) is 59.5 Å². The highest BCUT2D eigenvalue weighted by molar-refractivity contribution is 6.03. The van der Waals surface area contributed by atoms with Gasteiger partial charge in [-0.25, -0.2) is 27.3 Å². The number of benzene rings is 2. The fourth-order valence-electron chi connectivity index (χ4n) is 2.45. The van der Waals surface area contributed by atoms with Crippen molar-refractivity contribution in [2.45, 2.75) is 19.4 Å². The van der Waals surface area contributed by atoms with Gasteiger partial charge < -0.3 is 14.5 Å². The van der Waals surface area contributed by atoms with E-state index in [9.17, 15) is 27.2 Å². The van der Waals surface area contributed by atoms with Gasteiger partial charge in [0.05, 0.1) is 5.56 Å². The van der Waals surface area contributed by atoms with E-state index in [-0.39, 0.29) is 23.6 Å². The van der Waals surface area contributed by atoms with E-state index in [4.69, 9.17) is 9.15 Å². The highest BCUT2D eigenvalue weighted by atomic mass is 19.2. The zero-order valence-corrected chi connectivity index (χ0v) is 14.3. The second-order valence-electron chi connectivity index (χ2n) is 5.64. The van der Waals surface area contributed by atoms with Gasteiger partial charge in [0.15, 0.2) is 41.3 Å². The molecule has 1 amide bonds. The molecule has 0 bridgehead atoms. The molecule has 28 heavy (non-hydrogen) atoms. The number of hydrogen-bond donors (Lipinski definition) is 1. The average Bonchev–Trinajstić information content (AvgIpc) is 3.16. The average molecular weight is 396 g/mol. The van der Waals surface area contributed by atoms with Gasteiger partial charge in [0, 0.05) is 6.07 Å². The fourth-order valence-corrected chi connectivity index (χ4v) is 2.45. The van der Waals surface area contributed by atoms with Gasteiger partial charge in [0.25, 0.3) is 5.91 Å². The van der Waals surface area contributed by atoms with Crippen LogP contribution in [-0.4, -0.2) is 23.0 Å². The highest BCUT2D eigenvalue weighted by Crippen LogP contribution is 2.25. The van der Waals surface area contributed by atoms with Crippen LogP contribution in [0.4, 0.5) is 23.2 Å². The van der Waals surface area contributed by atoms with Gasteiger partial charge in [0.1, 0.15) is 11.2 Å². The van der Waals surface area contributed by atoms with Crippen LogP contribution in [0.25, 0.3) is 11.1 Å². The monoisotopic (exact) mass is 396 g/mol. The smallest absolute Gasteiger partial charge is 0.341 e. The standard InChI is InChI=1S/C18H12F4N2O4/c1-2-11(17(25)24-16-13(21)9(19)6-10(20)14(16)22)28-18(26)8-4-3-5-12-15(8)23-7-27-12/h3-7,11H,2H2,1H3,(H,24,25). The number of hydrogen-bond acceptors (Lipinski definition) is 5. The molecule has 0 aliphatic rings. The number of fused-ring (bicyclic) bond motifs is 1. The Hall–Kier alpha value is -3.43. The van der Waals surface area contributed by atoms with E-state index >= 15 is 0 Å². The van der Waals surface area contributed by atoms with Gasteiger partial charge in [-0.3, -0.25) is 4.79 Å². The van der Waals surface area contributed by atoms with Crippen molar-refractivity contribution in [2.75, 3.05) is 5.32 Å². The van der Waals surface area contributed by atoms with Crippen molar-refractivity contribution in [1.29, 1.82) is 0 Å². The molecule has 0 radical (unpaired) electrons. The summed E-state index contributed by atoms with van der Waals surface area (Å²) in [5.41, 5.74) is -0.791. The summed E-state index contributed by atoms with van der Waals surface area (Å²) in [5, 5.41) is 1.72. The Balaban J connectivity index is 1.81. The number of carbonyl (C=O) groups excluding carboxylic acids is 2. The van der Waals surface area contributed by atoms with Crippen LogP contribution in [-0.2, 0) is 9.53 Å². The number of nitrogens with zero attached hydrogens (tertiary/aromatic N) is 1. The van der Waals surface area contributed by atoms with Crippen molar-refractivity contribution in [1.82, 2.24) is 4.98 Å². The maximum atomic E-state index is 13.7. The van der Waals surface area contributed by atoms with Gasteiger partial charge in [-0.1, -0.05) is 13.0 Å². The maximum absolute atomic E-state index is 13.7. The fraction of sp³-hybridized carbons (Fsp3) is 0.167. The van der Waals surface area contributed by atoms with E-state index in [2.05, 4.69) is 4.98 Å². The predicted octanol–water partition coefficient (Wildman–Crippen LogP) is 3.96. The number of anilines is 1. The minimum absolute atomic E-state index is 0.00617. The lowest BCUT2D eigenvalue weighted by Gasteiger charge is -2.17. The van der Waals surface area contributed by atoms with Gasteiger partial charge >= 0.3 is 5.97 Å². The first-order valence-electron chi connectivity index (χ1n) is 8.00. The largest absolute Gasteiger partial charge is 0.449 e. The Kier molecular flexibility index (Phi) is 5.30. The van der Waals surface area contributed by atoms with Gasteiger partial charge in [-0.05, 0) is 18.6 Å². The van der Waals surface area contributed by atoms with E-state index in [0.717, 1.165) is 6.39 Å². The van der Waals surface area contributed by atoms with Crippen molar-refractivity contribution in [3.8, 4) is 0 Å². The summed E-state index contributed by atoms with van der Waals surface area (Å²) in [5.74, 6) is -9.02. The van der Waals surface area contributed by atoms with Crippen molar-refractivity contribution in [3.63, 3.8) is 0 Å². The molecule has 146 valence electrons. The maximum Gasteiger partial charge on any atom is 0.341 e. The summed E-state index contributed by atoms with van der Waals surface area (Å²) in [4.78, 5) is 28.5. The molecule has 1 heterocycles. The molecule has 0 spiro atoms. The number of esters is 1. The first-order valence-corrected chi connectivity index (χ1v) is 8.00. The topological polar surface area (TPSA) is 81.4 Å². The molecule has 3 aromatic rings. The van der Waals surface area contributed by atoms with Crippen LogP contribution in [0.1, 0.15) is 23.7 Å². The molecule has 2 aromatic carbocycles. The lowest BCUT2D eigenvalue weighted by molar-refractivity contribution is -0.124. The number of ether oxygens (including phenoxy) is 1. The van der Waals surface area contributed by atoms with Crippen LogP contribution in [0, 0.1) is 23.3 Å². The van der Waals surface area contributed by atoms with E-state index in [1.807, 2.05) is 0 Å². The van der Waals surface area contributed by atoms with Crippen LogP contribution < -0.4 is 5.32 Å². The van der Waals surface area contributed by atoms with Gasteiger partial charge in [-0.2, -0.15) is 0 Å². The SMILES string of the molecule is CCC(OC(=O)c1cccc2ocnc12)C(=O)Nc1c(F)c(F)cc(F)c1F. The third-order valence-corrected chi connectivity index (χ3v) is 3.85. The van der Waals surface area contributed by atoms with E-state index in [0.29, 0.717) is 5.58 Å². The van der Waals surface area contributed by atoms with Crippen LogP contribution in [0.5, 0.6) is 0 Å². The molecule has 0 aliphatic carbocycles. The number of amides is 1. The van der Waals surface area contributed by atoms with E-state index < -0.39 is 46.9 Å². The summed E-state index contributed by atoms with van der Waals surface area (Å²) in [6.45, 7) is 1.47. The predicted molar refractivity (Wildman–Crippen MR) is 88.4 cm³/mol.